The van der Waals surface area contributed by atoms with Crippen LogP contribution in [0.5, 0.6) is 0 Å². The Hall–Kier alpha value is -1.32. The number of hydrogen-bond acceptors (Lipinski definition) is 4. The quantitative estimate of drug-likeness (QED) is 0.657. The molecule has 1 aromatic heterocycles. The molecule has 1 atom stereocenters. The predicted octanol–water partition coefficient (Wildman–Crippen LogP) is 4.41. The lowest BCUT2D eigenvalue weighted by atomic mass is 10.0. The van der Waals surface area contributed by atoms with Gasteiger partial charge in [0.1, 0.15) is 18.0 Å². The molecule has 1 rings (SSSR count). The minimum absolute atomic E-state index is 0.399. The molecule has 4 nitrogen and oxygen atoms in total. The van der Waals surface area contributed by atoms with Crippen molar-refractivity contribution < 1.29 is 0 Å². The molecule has 0 aliphatic heterocycles. The van der Waals surface area contributed by atoms with Crippen LogP contribution in [0.3, 0.4) is 0 Å². The molecule has 114 valence electrons. The van der Waals surface area contributed by atoms with Crippen molar-refractivity contribution in [3.05, 3.63) is 11.9 Å². The van der Waals surface area contributed by atoms with Gasteiger partial charge in [-0.1, -0.05) is 40.0 Å². The molecule has 0 spiro atoms. The first-order valence-electron chi connectivity index (χ1n) is 7.95. The summed E-state index contributed by atoms with van der Waals surface area (Å²) in [6.07, 6.45) is 6.67. The van der Waals surface area contributed by atoms with Crippen molar-refractivity contribution in [2.45, 2.75) is 72.3 Å². The van der Waals surface area contributed by atoms with Gasteiger partial charge in [0.15, 0.2) is 0 Å². The van der Waals surface area contributed by atoms with E-state index >= 15 is 0 Å². The molecular weight excluding hydrogens is 248 g/mol. The average molecular weight is 278 g/mol. The van der Waals surface area contributed by atoms with E-state index in [0.29, 0.717) is 12.0 Å². The van der Waals surface area contributed by atoms with Gasteiger partial charge in [0.2, 0.25) is 0 Å². The maximum Gasteiger partial charge on any atom is 0.135 e. The molecule has 1 heterocycles. The lowest BCUT2D eigenvalue weighted by molar-refractivity contribution is 0.612. The van der Waals surface area contributed by atoms with E-state index in [1.165, 1.54) is 31.2 Å². The SMILES string of the molecule is CCCCCC(C)Nc1ncnc(NCC)c1C(C)C. The van der Waals surface area contributed by atoms with Gasteiger partial charge in [0.05, 0.1) is 0 Å². The van der Waals surface area contributed by atoms with Crippen molar-refractivity contribution in [3.8, 4) is 0 Å². The maximum absolute atomic E-state index is 4.45. The Morgan fingerprint density at radius 3 is 2.35 bits per heavy atom. The predicted molar refractivity (Wildman–Crippen MR) is 87.5 cm³/mol. The van der Waals surface area contributed by atoms with E-state index in [0.717, 1.165) is 18.2 Å². The van der Waals surface area contributed by atoms with Gasteiger partial charge in [-0.25, -0.2) is 9.97 Å². The second-order valence-electron chi connectivity index (χ2n) is 5.71. The third-order valence-corrected chi connectivity index (χ3v) is 3.43. The highest BCUT2D eigenvalue weighted by molar-refractivity contribution is 5.59. The highest BCUT2D eigenvalue weighted by Gasteiger charge is 2.15. The third-order valence-electron chi connectivity index (χ3n) is 3.43. The van der Waals surface area contributed by atoms with Gasteiger partial charge in [-0.05, 0) is 26.2 Å². The van der Waals surface area contributed by atoms with Crippen LogP contribution in [-0.2, 0) is 0 Å². The summed E-state index contributed by atoms with van der Waals surface area (Å²) < 4.78 is 0. The van der Waals surface area contributed by atoms with Gasteiger partial charge in [-0.15, -0.1) is 0 Å². The van der Waals surface area contributed by atoms with E-state index in [2.05, 4.69) is 55.2 Å². The van der Waals surface area contributed by atoms with E-state index in [4.69, 9.17) is 0 Å². The molecule has 0 radical (unpaired) electrons. The third kappa shape index (κ3) is 4.99. The highest BCUT2D eigenvalue weighted by atomic mass is 15.1. The van der Waals surface area contributed by atoms with Crippen molar-refractivity contribution in [2.75, 3.05) is 17.2 Å². The molecule has 4 heteroatoms. The molecule has 0 aliphatic carbocycles. The van der Waals surface area contributed by atoms with Crippen molar-refractivity contribution in [1.82, 2.24) is 9.97 Å². The fourth-order valence-corrected chi connectivity index (χ4v) is 2.37. The van der Waals surface area contributed by atoms with Gasteiger partial charge in [-0.2, -0.15) is 0 Å². The van der Waals surface area contributed by atoms with Crippen LogP contribution in [0.15, 0.2) is 6.33 Å². The van der Waals surface area contributed by atoms with E-state index in [1.807, 2.05) is 0 Å². The van der Waals surface area contributed by atoms with Gasteiger partial charge >= 0.3 is 0 Å². The van der Waals surface area contributed by atoms with Crippen LogP contribution >= 0.6 is 0 Å². The standard InChI is InChI=1S/C16H30N4/c1-6-8-9-10-13(5)20-16-14(12(3)4)15(17-7-2)18-11-19-16/h11-13H,6-10H2,1-5H3,(H2,17,18,19,20). The van der Waals surface area contributed by atoms with Gasteiger partial charge < -0.3 is 10.6 Å². The smallest absolute Gasteiger partial charge is 0.135 e. The highest BCUT2D eigenvalue weighted by Crippen LogP contribution is 2.28. The summed E-state index contributed by atoms with van der Waals surface area (Å²) in [5.74, 6) is 2.34. The molecular formula is C16H30N4. The fourth-order valence-electron chi connectivity index (χ4n) is 2.37. The average Bonchev–Trinajstić information content (AvgIpc) is 2.39. The van der Waals surface area contributed by atoms with Crippen LogP contribution < -0.4 is 10.6 Å². The summed E-state index contributed by atoms with van der Waals surface area (Å²) in [7, 11) is 0. The molecule has 20 heavy (non-hydrogen) atoms. The molecule has 0 bridgehead atoms. The molecule has 0 saturated heterocycles. The second-order valence-corrected chi connectivity index (χ2v) is 5.71. The van der Waals surface area contributed by atoms with Crippen molar-refractivity contribution in [3.63, 3.8) is 0 Å². The summed E-state index contributed by atoms with van der Waals surface area (Å²) >= 11 is 0. The molecule has 0 amide bonds. The normalized spacial score (nSPS) is 12.5. The Balaban J connectivity index is 2.80. The van der Waals surface area contributed by atoms with E-state index in [-0.39, 0.29) is 0 Å². The topological polar surface area (TPSA) is 49.8 Å². The largest absolute Gasteiger partial charge is 0.370 e. The first-order valence-corrected chi connectivity index (χ1v) is 7.95. The number of anilines is 2. The zero-order chi connectivity index (χ0) is 15.0. The Morgan fingerprint density at radius 1 is 1.05 bits per heavy atom. The van der Waals surface area contributed by atoms with Crippen molar-refractivity contribution in [2.24, 2.45) is 0 Å². The summed E-state index contributed by atoms with van der Waals surface area (Å²) in [4.78, 5) is 8.82. The molecule has 2 N–H and O–H groups in total. The minimum Gasteiger partial charge on any atom is -0.370 e. The first-order chi connectivity index (χ1) is 9.60. The summed E-state index contributed by atoms with van der Waals surface area (Å²) in [5, 5.41) is 6.89. The summed E-state index contributed by atoms with van der Waals surface area (Å²) in [6.45, 7) is 11.8. The number of aromatic nitrogens is 2. The lowest BCUT2D eigenvalue weighted by Crippen LogP contribution is -2.19. The number of nitrogens with one attached hydrogen (secondary N) is 2. The maximum atomic E-state index is 4.45. The minimum atomic E-state index is 0.399. The number of rotatable bonds is 9. The molecule has 0 fully saturated rings. The van der Waals surface area contributed by atoms with E-state index in [9.17, 15) is 0 Å². The lowest BCUT2D eigenvalue weighted by Gasteiger charge is -2.20. The Kier molecular flexibility index (Phi) is 7.34. The number of nitrogens with zero attached hydrogens (tertiary/aromatic N) is 2. The van der Waals surface area contributed by atoms with Crippen LogP contribution in [0, 0.1) is 0 Å². The Labute approximate surface area is 123 Å². The van der Waals surface area contributed by atoms with Crippen LogP contribution in [-0.4, -0.2) is 22.6 Å². The van der Waals surface area contributed by atoms with E-state index in [1.54, 1.807) is 6.33 Å². The van der Waals surface area contributed by atoms with Crippen LogP contribution in [0.4, 0.5) is 11.6 Å². The van der Waals surface area contributed by atoms with Gasteiger partial charge in [0, 0.05) is 18.2 Å². The van der Waals surface area contributed by atoms with E-state index < -0.39 is 0 Å². The Bertz CT molecular complexity index is 390. The number of hydrogen-bond donors (Lipinski definition) is 2. The zero-order valence-electron chi connectivity index (χ0n) is 13.7. The monoisotopic (exact) mass is 278 g/mol. The van der Waals surface area contributed by atoms with Crippen LogP contribution in [0.2, 0.25) is 0 Å². The second kappa shape index (κ2) is 8.77. The van der Waals surface area contributed by atoms with Crippen LogP contribution in [0.25, 0.3) is 0 Å². The van der Waals surface area contributed by atoms with Crippen molar-refractivity contribution in [1.29, 1.82) is 0 Å². The van der Waals surface area contributed by atoms with Gasteiger partial charge in [0.25, 0.3) is 0 Å². The molecule has 0 saturated carbocycles. The summed E-state index contributed by atoms with van der Waals surface area (Å²) in [5.41, 5.74) is 1.19. The Morgan fingerprint density at radius 2 is 1.75 bits per heavy atom. The molecule has 1 aromatic rings. The van der Waals surface area contributed by atoms with Crippen molar-refractivity contribution >= 4 is 11.6 Å². The number of unbranched alkanes of at least 4 members (excludes halogenated alkanes) is 2. The molecule has 0 aromatic carbocycles. The first kappa shape index (κ1) is 16.7. The summed E-state index contributed by atoms with van der Waals surface area (Å²) in [6, 6.07) is 0.448. The van der Waals surface area contributed by atoms with Crippen LogP contribution in [0.1, 0.15) is 71.8 Å². The fraction of sp³-hybridized carbons (Fsp3) is 0.750. The zero-order valence-corrected chi connectivity index (χ0v) is 13.7. The van der Waals surface area contributed by atoms with Gasteiger partial charge in [-0.3, -0.25) is 0 Å². The molecule has 1 unspecified atom stereocenters. The molecule has 0 aliphatic rings.